The van der Waals surface area contributed by atoms with Gasteiger partial charge in [0.25, 0.3) is 11.5 Å². The fourth-order valence-corrected chi connectivity index (χ4v) is 4.19. The number of aromatic nitrogens is 2. The Morgan fingerprint density at radius 3 is 2.22 bits per heavy atom. The third kappa shape index (κ3) is 4.86. The van der Waals surface area contributed by atoms with E-state index in [-0.39, 0.29) is 28.3 Å². The molecule has 0 saturated heterocycles. The summed E-state index contributed by atoms with van der Waals surface area (Å²) in [6.07, 6.45) is -5.03. The molecule has 9 nitrogen and oxygen atoms in total. The Morgan fingerprint density at radius 1 is 1.16 bits per heavy atom. The van der Waals surface area contributed by atoms with Crippen LogP contribution in [0.25, 0.3) is 5.69 Å². The van der Waals surface area contributed by atoms with E-state index < -0.39 is 61.3 Å². The normalized spacial score (nSPS) is 12.3. The number of carbonyl (C=O) groups excluding carboxylic acids is 1. The highest BCUT2D eigenvalue weighted by molar-refractivity contribution is 7.87. The van der Waals surface area contributed by atoms with Crippen LogP contribution < -0.4 is 16.0 Å². The smallest absolute Gasteiger partial charge is 0.292 e. The molecule has 32 heavy (non-hydrogen) atoms. The third-order valence-electron chi connectivity index (χ3n) is 4.40. The number of alkyl halides is 3. The SMILES string of the molecule is CCN(CC)S(=O)(=O)NC(=O)c1cc(-n2c(=O)cc(C(F)(F)F)n(C)c2=O)c(F)cc1Cl. The molecule has 0 bridgehead atoms. The van der Waals surface area contributed by atoms with Crippen LogP contribution in [-0.4, -0.2) is 40.9 Å². The summed E-state index contributed by atoms with van der Waals surface area (Å²) < 4.78 is 80.8. The number of rotatable bonds is 6. The van der Waals surface area contributed by atoms with Crippen LogP contribution in [0.3, 0.4) is 0 Å². The number of nitrogens with one attached hydrogen (secondary N) is 1. The first kappa shape index (κ1) is 25.5. The van der Waals surface area contributed by atoms with E-state index in [1.165, 1.54) is 13.8 Å². The molecule has 1 heterocycles. The Kier molecular flexibility index (Phi) is 7.21. The largest absolute Gasteiger partial charge is 0.431 e. The Balaban J connectivity index is 2.67. The van der Waals surface area contributed by atoms with E-state index in [1.54, 1.807) is 4.72 Å². The maximum Gasteiger partial charge on any atom is 0.431 e. The average Bonchev–Trinajstić information content (AvgIpc) is 2.65. The molecule has 0 fully saturated rings. The highest BCUT2D eigenvalue weighted by Gasteiger charge is 2.35. The Morgan fingerprint density at radius 2 is 1.72 bits per heavy atom. The van der Waals surface area contributed by atoms with E-state index in [9.17, 15) is 40.4 Å². The lowest BCUT2D eigenvalue weighted by Gasteiger charge is -2.19. The number of nitrogens with zero attached hydrogens (tertiary/aromatic N) is 3. The van der Waals surface area contributed by atoms with E-state index in [1.807, 2.05) is 0 Å². The van der Waals surface area contributed by atoms with Gasteiger partial charge in [0.2, 0.25) is 0 Å². The van der Waals surface area contributed by atoms with Crippen LogP contribution in [-0.2, 0) is 23.4 Å². The lowest BCUT2D eigenvalue weighted by Crippen LogP contribution is -2.43. The van der Waals surface area contributed by atoms with Crippen molar-refractivity contribution in [3.05, 3.63) is 61.1 Å². The summed E-state index contributed by atoms with van der Waals surface area (Å²) in [5.41, 5.74) is -6.16. The van der Waals surface area contributed by atoms with Crippen LogP contribution in [0.1, 0.15) is 29.9 Å². The summed E-state index contributed by atoms with van der Waals surface area (Å²) in [5, 5.41) is -0.560. The Labute approximate surface area is 184 Å². The molecule has 0 atom stereocenters. The molecule has 1 N–H and O–H groups in total. The molecule has 2 rings (SSSR count). The lowest BCUT2D eigenvalue weighted by atomic mass is 10.1. The first-order valence-corrected chi connectivity index (χ1v) is 10.7. The van der Waals surface area contributed by atoms with E-state index in [2.05, 4.69) is 0 Å². The average molecular weight is 501 g/mol. The first-order valence-electron chi connectivity index (χ1n) is 8.87. The van der Waals surface area contributed by atoms with Crippen molar-refractivity contribution >= 4 is 27.7 Å². The minimum absolute atomic E-state index is 0.0263. The van der Waals surface area contributed by atoms with E-state index in [0.717, 1.165) is 11.4 Å². The molecule has 2 aromatic rings. The molecule has 0 radical (unpaired) electrons. The van der Waals surface area contributed by atoms with Crippen molar-refractivity contribution < 1.29 is 30.8 Å². The fourth-order valence-electron chi connectivity index (χ4n) is 2.80. The first-order chi connectivity index (χ1) is 14.7. The number of benzene rings is 1. The van der Waals surface area contributed by atoms with Crippen molar-refractivity contribution in [1.29, 1.82) is 0 Å². The molecule has 1 aromatic carbocycles. The van der Waals surface area contributed by atoms with Crippen molar-refractivity contribution in [2.24, 2.45) is 7.05 Å². The molecule has 15 heteroatoms. The van der Waals surface area contributed by atoms with E-state index in [0.29, 0.717) is 12.1 Å². The zero-order valence-electron chi connectivity index (χ0n) is 16.8. The van der Waals surface area contributed by atoms with Gasteiger partial charge in [0.05, 0.1) is 16.3 Å². The molecule has 0 unspecified atom stereocenters. The standard InChI is InChI=1S/C17H17ClF4N4O5S/c1-4-25(5-2)32(30,31)23-15(28)9-6-12(11(19)7-10(9)18)26-14(27)8-13(17(20,21)22)24(3)16(26)29/h6-8H,4-5H2,1-3H3,(H,23,28). The molecular weight excluding hydrogens is 484 g/mol. The summed E-state index contributed by atoms with van der Waals surface area (Å²) >= 11 is 5.83. The minimum Gasteiger partial charge on any atom is -0.292 e. The van der Waals surface area contributed by atoms with Crippen LogP contribution in [0.15, 0.2) is 27.8 Å². The van der Waals surface area contributed by atoms with Crippen LogP contribution in [0.4, 0.5) is 17.6 Å². The van der Waals surface area contributed by atoms with Gasteiger partial charge in [-0.15, -0.1) is 0 Å². The van der Waals surface area contributed by atoms with Gasteiger partial charge in [-0.05, 0) is 12.1 Å². The molecular formula is C17H17ClF4N4O5S. The molecule has 1 aromatic heterocycles. The van der Waals surface area contributed by atoms with Gasteiger partial charge in [-0.25, -0.2) is 18.5 Å². The minimum atomic E-state index is -5.03. The third-order valence-corrected chi connectivity index (χ3v) is 6.35. The molecule has 0 aliphatic carbocycles. The predicted molar refractivity (Wildman–Crippen MR) is 107 cm³/mol. The molecule has 0 aliphatic heterocycles. The summed E-state index contributed by atoms with van der Waals surface area (Å²) in [7, 11) is -3.58. The maximum absolute atomic E-state index is 14.5. The zero-order chi connectivity index (χ0) is 24.6. The predicted octanol–water partition coefficient (Wildman–Crippen LogP) is 1.66. The van der Waals surface area contributed by atoms with Crippen LogP contribution in [0.2, 0.25) is 5.02 Å². The number of hydrogen-bond donors (Lipinski definition) is 1. The Hall–Kier alpha value is -2.71. The fraction of sp³-hybridized carbons (Fsp3) is 0.353. The maximum atomic E-state index is 14.5. The molecule has 0 aliphatic rings. The van der Waals surface area contributed by atoms with Crippen molar-refractivity contribution in [2.45, 2.75) is 20.0 Å². The van der Waals surface area contributed by atoms with Gasteiger partial charge in [-0.1, -0.05) is 25.4 Å². The topological polar surface area (TPSA) is 110 Å². The van der Waals surface area contributed by atoms with E-state index >= 15 is 0 Å². The van der Waals surface area contributed by atoms with Gasteiger partial charge >= 0.3 is 22.1 Å². The van der Waals surface area contributed by atoms with Crippen LogP contribution in [0.5, 0.6) is 0 Å². The van der Waals surface area contributed by atoms with Crippen molar-refractivity contribution in [3.8, 4) is 5.69 Å². The molecule has 0 saturated carbocycles. The highest BCUT2D eigenvalue weighted by atomic mass is 35.5. The summed E-state index contributed by atoms with van der Waals surface area (Å²) in [5.74, 6) is -2.61. The lowest BCUT2D eigenvalue weighted by molar-refractivity contribution is -0.144. The second-order valence-electron chi connectivity index (χ2n) is 6.35. The van der Waals surface area contributed by atoms with Gasteiger partial charge in [0, 0.05) is 26.2 Å². The summed E-state index contributed by atoms with van der Waals surface area (Å²) in [4.78, 5) is 37.1. The van der Waals surface area contributed by atoms with Crippen LogP contribution in [0, 0.1) is 5.82 Å². The molecule has 176 valence electrons. The quantitative estimate of drug-likeness (QED) is 0.607. The number of carbonyl (C=O) groups is 1. The van der Waals surface area contributed by atoms with Crippen molar-refractivity contribution in [1.82, 2.24) is 18.2 Å². The van der Waals surface area contributed by atoms with Gasteiger partial charge in [-0.2, -0.15) is 25.9 Å². The van der Waals surface area contributed by atoms with Crippen molar-refractivity contribution in [2.75, 3.05) is 13.1 Å². The van der Waals surface area contributed by atoms with Crippen molar-refractivity contribution in [3.63, 3.8) is 0 Å². The second-order valence-corrected chi connectivity index (χ2v) is 8.42. The highest BCUT2D eigenvalue weighted by Crippen LogP contribution is 2.27. The van der Waals surface area contributed by atoms with Gasteiger partial charge in [0.1, 0.15) is 11.5 Å². The number of hydrogen-bond acceptors (Lipinski definition) is 5. The van der Waals surface area contributed by atoms with Gasteiger partial charge in [-0.3, -0.25) is 14.2 Å². The number of amides is 1. The zero-order valence-corrected chi connectivity index (χ0v) is 18.4. The van der Waals surface area contributed by atoms with Gasteiger partial charge < -0.3 is 0 Å². The van der Waals surface area contributed by atoms with E-state index in [4.69, 9.17) is 11.6 Å². The Bertz CT molecular complexity index is 1280. The van der Waals surface area contributed by atoms with Gasteiger partial charge in [0.15, 0.2) is 0 Å². The summed E-state index contributed by atoms with van der Waals surface area (Å²) in [6.45, 7) is 3.09. The molecule has 0 spiro atoms. The van der Waals surface area contributed by atoms with Crippen LogP contribution >= 0.6 is 11.6 Å². The second kappa shape index (κ2) is 9.03. The monoisotopic (exact) mass is 500 g/mol. The summed E-state index contributed by atoms with van der Waals surface area (Å²) in [6, 6.07) is 1.21. The number of halogens is 5. The molecule has 1 amide bonds.